The van der Waals surface area contributed by atoms with Crippen molar-refractivity contribution in [1.29, 1.82) is 0 Å². The lowest BCUT2D eigenvalue weighted by Gasteiger charge is -2.25. The summed E-state index contributed by atoms with van der Waals surface area (Å²) in [7, 11) is 0. The van der Waals surface area contributed by atoms with E-state index in [0.717, 1.165) is 0 Å². The van der Waals surface area contributed by atoms with E-state index in [1.807, 2.05) is 0 Å². The third kappa shape index (κ3) is 5.59. The van der Waals surface area contributed by atoms with Crippen LogP contribution in [0.5, 0.6) is 0 Å². The van der Waals surface area contributed by atoms with Gasteiger partial charge in [-0.2, -0.15) is 5.10 Å². The van der Waals surface area contributed by atoms with E-state index in [9.17, 15) is 23.8 Å². The van der Waals surface area contributed by atoms with Crippen molar-refractivity contribution in [2.24, 2.45) is 0 Å². The molecule has 4 aromatic rings. The highest BCUT2D eigenvalue weighted by molar-refractivity contribution is 6.01. The highest BCUT2D eigenvalue weighted by atomic mass is 19.1. The average Bonchev–Trinajstić information content (AvgIpc) is 3.33. The fourth-order valence-corrected chi connectivity index (χ4v) is 3.84. The van der Waals surface area contributed by atoms with E-state index >= 15 is 0 Å². The minimum absolute atomic E-state index is 0.00557. The number of carbonyl (C=O) groups is 1. The predicted molar refractivity (Wildman–Crippen MR) is 126 cm³/mol. The van der Waals surface area contributed by atoms with Crippen molar-refractivity contribution < 1.29 is 23.8 Å². The molecule has 2 aromatic carbocycles. The van der Waals surface area contributed by atoms with E-state index in [4.69, 9.17) is 0 Å². The van der Waals surface area contributed by atoms with Gasteiger partial charge in [0.2, 0.25) is 0 Å². The number of aliphatic hydroxyl groups excluding tert-OH is 2. The van der Waals surface area contributed by atoms with Crippen LogP contribution in [0, 0.1) is 11.6 Å². The van der Waals surface area contributed by atoms with Gasteiger partial charge in [-0.3, -0.25) is 14.9 Å². The number of hydrogen-bond donors (Lipinski definition) is 4. The Hall–Kier alpha value is -3.95. The van der Waals surface area contributed by atoms with Gasteiger partial charge in [-0.15, -0.1) is 0 Å². The number of amides is 1. The molecule has 4 rings (SSSR count). The molecular weight excluding hydrogens is 454 g/mol. The van der Waals surface area contributed by atoms with E-state index < -0.39 is 35.8 Å². The second-order valence-corrected chi connectivity index (χ2v) is 8.20. The lowest BCUT2D eigenvalue weighted by atomic mass is 9.98. The summed E-state index contributed by atoms with van der Waals surface area (Å²) in [6.07, 6.45) is -0.450. The number of nitrogens with one attached hydrogen (secondary N) is 2. The Bertz CT molecular complexity index is 1290. The molecule has 0 bridgehead atoms. The predicted octanol–water partition coefficient (Wildman–Crippen LogP) is 4.02. The van der Waals surface area contributed by atoms with Crippen LogP contribution in [-0.2, 0) is 0 Å². The molecule has 0 aliphatic rings. The Morgan fingerprint density at radius 1 is 1.06 bits per heavy atom. The van der Waals surface area contributed by atoms with Crippen LogP contribution < -0.4 is 5.32 Å². The number of pyridine rings is 1. The minimum atomic E-state index is -1.19. The summed E-state index contributed by atoms with van der Waals surface area (Å²) in [5, 5.41) is 30.4. The second kappa shape index (κ2) is 10.5. The molecule has 4 N–H and O–H groups in total. The maximum atomic E-state index is 15.0. The minimum Gasteiger partial charge on any atom is -0.393 e. The van der Waals surface area contributed by atoms with Gasteiger partial charge in [-0.05, 0) is 67.9 Å². The SMILES string of the molecule is C[C@H](O)C[C@H](NC(=O)c1cccc(F)c1-c1cc(-c2ccc(F)cc2)n[nH]1)C(O)c1ccccn1. The van der Waals surface area contributed by atoms with Gasteiger partial charge in [0, 0.05) is 17.3 Å². The summed E-state index contributed by atoms with van der Waals surface area (Å²) in [6, 6.07) is 15.5. The number of benzene rings is 2. The number of halogens is 2. The first-order valence-corrected chi connectivity index (χ1v) is 11.0. The standard InChI is InChI=1S/C26H24F2N4O3/c1-15(33)13-23(25(34)20-7-2-3-12-29-20)30-26(35)18-5-4-6-19(28)24(18)22-14-21(31-32-22)16-8-10-17(27)11-9-16/h2-12,14-15,23,25,33-34H,13H2,1H3,(H,30,35)(H,31,32)/t15-,23-,25?/m0/s1. The first kappa shape index (κ1) is 24.2. The van der Waals surface area contributed by atoms with E-state index in [2.05, 4.69) is 20.5 Å². The number of hydrogen-bond acceptors (Lipinski definition) is 5. The molecular formula is C26H24F2N4O3. The number of rotatable bonds is 8. The van der Waals surface area contributed by atoms with Crippen LogP contribution in [-0.4, -0.2) is 43.4 Å². The number of H-pyrrole nitrogens is 1. The quantitative estimate of drug-likeness (QED) is 0.306. The van der Waals surface area contributed by atoms with Crippen LogP contribution in [0.1, 0.15) is 35.5 Å². The number of aliphatic hydroxyl groups is 2. The largest absolute Gasteiger partial charge is 0.393 e. The maximum Gasteiger partial charge on any atom is 0.252 e. The highest BCUT2D eigenvalue weighted by Gasteiger charge is 2.27. The first-order valence-electron chi connectivity index (χ1n) is 11.0. The molecule has 35 heavy (non-hydrogen) atoms. The van der Waals surface area contributed by atoms with Crippen molar-refractivity contribution in [2.75, 3.05) is 0 Å². The molecule has 0 aliphatic heterocycles. The van der Waals surface area contributed by atoms with Crippen molar-refractivity contribution in [3.63, 3.8) is 0 Å². The Balaban J connectivity index is 1.64. The number of aromatic amines is 1. The zero-order valence-electron chi connectivity index (χ0n) is 18.8. The molecule has 180 valence electrons. The van der Waals surface area contributed by atoms with Crippen molar-refractivity contribution >= 4 is 5.91 Å². The highest BCUT2D eigenvalue weighted by Crippen LogP contribution is 2.29. The van der Waals surface area contributed by atoms with Crippen LogP contribution in [0.15, 0.2) is 72.9 Å². The molecule has 0 fully saturated rings. The molecule has 0 saturated carbocycles. The lowest BCUT2D eigenvalue weighted by Crippen LogP contribution is -2.41. The zero-order valence-corrected chi connectivity index (χ0v) is 18.8. The van der Waals surface area contributed by atoms with E-state index in [-0.39, 0.29) is 23.2 Å². The molecule has 9 heteroatoms. The molecule has 0 radical (unpaired) electrons. The van der Waals surface area contributed by atoms with Gasteiger partial charge in [0.15, 0.2) is 0 Å². The van der Waals surface area contributed by atoms with Crippen LogP contribution in [0.2, 0.25) is 0 Å². The van der Waals surface area contributed by atoms with E-state index in [1.165, 1.54) is 36.5 Å². The van der Waals surface area contributed by atoms with Gasteiger partial charge >= 0.3 is 0 Å². The third-order valence-electron chi connectivity index (χ3n) is 5.53. The van der Waals surface area contributed by atoms with Crippen molar-refractivity contribution in [3.8, 4) is 22.5 Å². The molecule has 0 saturated heterocycles. The van der Waals surface area contributed by atoms with Gasteiger partial charge in [-0.25, -0.2) is 8.78 Å². The number of carbonyl (C=O) groups excluding carboxylic acids is 1. The van der Waals surface area contributed by atoms with Gasteiger partial charge < -0.3 is 15.5 Å². The summed E-state index contributed by atoms with van der Waals surface area (Å²) in [5.41, 5.74) is 1.66. The fraction of sp³-hybridized carbons (Fsp3) is 0.192. The van der Waals surface area contributed by atoms with Crippen molar-refractivity contribution in [2.45, 2.75) is 31.6 Å². The van der Waals surface area contributed by atoms with Gasteiger partial charge in [0.05, 0.1) is 34.8 Å². The summed E-state index contributed by atoms with van der Waals surface area (Å²) in [4.78, 5) is 17.4. The topological polar surface area (TPSA) is 111 Å². The molecule has 2 heterocycles. The monoisotopic (exact) mass is 478 g/mol. The molecule has 3 atom stereocenters. The van der Waals surface area contributed by atoms with E-state index in [0.29, 0.717) is 17.0 Å². The first-order chi connectivity index (χ1) is 16.8. The van der Waals surface area contributed by atoms with Crippen molar-refractivity contribution in [1.82, 2.24) is 20.5 Å². The van der Waals surface area contributed by atoms with Gasteiger partial charge in [0.1, 0.15) is 17.7 Å². The molecule has 0 spiro atoms. The second-order valence-electron chi connectivity index (χ2n) is 8.20. The summed E-state index contributed by atoms with van der Waals surface area (Å²) < 4.78 is 28.2. The molecule has 2 aromatic heterocycles. The zero-order chi connectivity index (χ0) is 24.9. The number of aromatic nitrogens is 3. The Morgan fingerprint density at radius 2 is 1.83 bits per heavy atom. The van der Waals surface area contributed by atoms with Crippen LogP contribution >= 0.6 is 0 Å². The smallest absolute Gasteiger partial charge is 0.252 e. The molecule has 7 nitrogen and oxygen atoms in total. The maximum absolute atomic E-state index is 15.0. The van der Waals surface area contributed by atoms with E-state index in [1.54, 1.807) is 43.3 Å². The normalized spacial score (nSPS) is 13.7. The molecule has 0 aliphatic carbocycles. The molecule has 1 unspecified atom stereocenters. The summed E-state index contributed by atoms with van der Waals surface area (Å²) >= 11 is 0. The summed E-state index contributed by atoms with van der Waals surface area (Å²) in [5.74, 6) is -1.68. The van der Waals surface area contributed by atoms with Crippen LogP contribution in [0.4, 0.5) is 8.78 Å². The van der Waals surface area contributed by atoms with Gasteiger partial charge in [0.25, 0.3) is 5.91 Å². The third-order valence-corrected chi connectivity index (χ3v) is 5.53. The Morgan fingerprint density at radius 3 is 2.51 bits per heavy atom. The Labute approximate surface area is 200 Å². The Kier molecular flexibility index (Phi) is 7.28. The fourth-order valence-electron chi connectivity index (χ4n) is 3.84. The van der Waals surface area contributed by atoms with Gasteiger partial charge in [-0.1, -0.05) is 12.1 Å². The average molecular weight is 478 g/mol. The van der Waals surface area contributed by atoms with Crippen LogP contribution in [0.25, 0.3) is 22.5 Å². The number of nitrogens with zero attached hydrogens (tertiary/aromatic N) is 2. The molecule has 1 amide bonds. The lowest BCUT2D eigenvalue weighted by molar-refractivity contribution is 0.0691. The van der Waals surface area contributed by atoms with Crippen molar-refractivity contribution in [3.05, 3.63) is 95.8 Å². The van der Waals surface area contributed by atoms with Crippen LogP contribution in [0.3, 0.4) is 0 Å². The summed E-state index contributed by atoms with van der Waals surface area (Å²) in [6.45, 7) is 1.54.